The van der Waals surface area contributed by atoms with Crippen LogP contribution in [0.4, 0.5) is 11.4 Å². The van der Waals surface area contributed by atoms with Crippen LogP contribution in [0.15, 0.2) is 40.9 Å². The van der Waals surface area contributed by atoms with E-state index in [1.54, 1.807) is 31.2 Å². The van der Waals surface area contributed by atoms with Crippen LogP contribution >= 0.6 is 15.9 Å². The normalized spacial score (nSPS) is 10.5. The van der Waals surface area contributed by atoms with Crippen molar-refractivity contribution in [2.75, 3.05) is 5.32 Å². The highest BCUT2D eigenvalue weighted by Gasteiger charge is 2.17. The molecule has 0 spiro atoms. The van der Waals surface area contributed by atoms with Crippen LogP contribution in [0.25, 0.3) is 0 Å². The van der Waals surface area contributed by atoms with E-state index in [9.17, 15) is 14.9 Å². The van der Waals surface area contributed by atoms with Gasteiger partial charge in [0.1, 0.15) is 11.4 Å². The second-order valence-electron chi connectivity index (χ2n) is 5.54. The Morgan fingerprint density at radius 1 is 1.25 bits per heavy atom. The third kappa shape index (κ3) is 4.32. The van der Waals surface area contributed by atoms with Crippen molar-refractivity contribution in [1.29, 1.82) is 0 Å². The van der Waals surface area contributed by atoms with E-state index in [-0.39, 0.29) is 17.5 Å². The van der Waals surface area contributed by atoms with Gasteiger partial charge in [0.25, 0.3) is 11.6 Å². The van der Waals surface area contributed by atoms with Crippen LogP contribution < -0.4 is 10.1 Å². The van der Waals surface area contributed by atoms with Crippen LogP contribution in [0.2, 0.25) is 0 Å². The quantitative estimate of drug-likeness (QED) is 0.590. The minimum atomic E-state index is -0.516. The highest BCUT2D eigenvalue weighted by molar-refractivity contribution is 9.10. The van der Waals surface area contributed by atoms with Gasteiger partial charge in [-0.05, 0) is 66.5 Å². The molecule has 1 amide bonds. The molecule has 126 valence electrons. The number of hydrogen-bond acceptors (Lipinski definition) is 4. The maximum Gasteiger partial charge on any atom is 0.293 e. The summed E-state index contributed by atoms with van der Waals surface area (Å²) in [5.41, 5.74) is 1.14. The van der Waals surface area contributed by atoms with Crippen LogP contribution in [0.1, 0.15) is 29.8 Å². The molecule has 0 heterocycles. The van der Waals surface area contributed by atoms with Gasteiger partial charge in [0.2, 0.25) is 0 Å². The summed E-state index contributed by atoms with van der Waals surface area (Å²) in [4.78, 5) is 23.0. The molecular formula is C17H17BrN2O4. The maximum absolute atomic E-state index is 12.4. The van der Waals surface area contributed by atoms with Crippen molar-refractivity contribution in [3.63, 3.8) is 0 Å². The number of amides is 1. The molecule has 0 radical (unpaired) electrons. The predicted octanol–water partition coefficient (Wildman–Crippen LogP) is 4.71. The second-order valence-corrected chi connectivity index (χ2v) is 6.40. The average Bonchev–Trinajstić information content (AvgIpc) is 2.50. The van der Waals surface area contributed by atoms with Crippen molar-refractivity contribution in [3.8, 4) is 5.75 Å². The number of carbonyl (C=O) groups excluding carboxylic acids is 1. The summed E-state index contributed by atoms with van der Waals surface area (Å²) in [6.07, 6.45) is 0.0104. The van der Waals surface area contributed by atoms with E-state index in [0.717, 1.165) is 5.56 Å². The zero-order valence-corrected chi connectivity index (χ0v) is 15.1. The van der Waals surface area contributed by atoms with Crippen LogP contribution in [0.3, 0.4) is 0 Å². The third-order valence-electron chi connectivity index (χ3n) is 3.15. The first-order valence-corrected chi connectivity index (χ1v) is 8.10. The number of ether oxygens (including phenoxy) is 1. The van der Waals surface area contributed by atoms with Crippen molar-refractivity contribution in [2.24, 2.45) is 0 Å². The molecule has 0 atom stereocenters. The highest BCUT2D eigenvalue weighted by atomic mass is 79.9. The maximum atomic E-state index is 12.4. The van der Waals surface area contributed by atoms with Gasteiger partial charge >= 0.3 is 0 Å². The lowest BCUT2D eigenvalue weighted by Crippen LogP contribution is -2.13. The Balaban J connectivity index is 2.25. The van der Waals surface area contributed by atoms with E-state index in [4.69, 9.17) is 4.74 Å². The summed E-state index contributed by atoms with van der Waals surface area (Å²) in [5, 5.41) is 13.7. The second kappa shape index (κ2) is 7.44. The molecule has 24 heavy (non-hydrogen) atoms. The molecule has 0 aliphatic heterocycles. The van der Waals surface area contributed by atoms with E-state index >= 15 is 0 Å². The Labute approximate surface area is 148 Å². The molecule has 0 bridgehead atoms. The van der Waals surface area contributed by atoms with E-state index in [1.165, 1.54) is 12.1 Å². The molecule has 0 saturated heterocycles. The highest BCUT2D eigenvalue weighted by Crippen LogP contribution is 2.29. The van der Waals surface area contributed by atoms with Gasteiger partial charge in [0, 0.05) is 11.6 Å². The van der Waals surface area contributed by atoms with Gasteiger partial charge in [-0.1, -0.05) is 6.07 Å². The SMILES string of the molecule is Cc1ccc(NC(=O)c2ccc(OC(C)C)c(Br)c2)c([N+](=O)[O-])c1. The fourth-order valence-electron chi connectivity index (χ4n) is 2.08. The number of halogens is 1. The summed E-state index contributed by atoms with van der Waals surface area (Å²) >= 11 is 3.36. The van der Waals surface area contributed by atoms with Gasteiger partial charge in [-0.2, -0.15) is 0 Å². The van der Waals surface area contributed by atoms with Crippen molar-refractivity contribution < 1.29 is 14.5 Å². The lowest BCUT2D eigenvalue weighted by atomic mass is 10.1. The number of carbonyl (C=O) groups is 1. The zero-order valence-electron chi connectivity index (χ0n) is 13.5. The Bertz CT molecular complexity index is 790. The molecule has 0 saturated carbocycles. The van der Waals surface area contributed by atoms with E-state index in [1.807, 2.05) is 13.8 Å². The van der Waals surface area contributed by atoms with Crippen molar-refractivity contribution in [2.45, 2.75) is 26.9 Å². The van der Waals surface area contributed by atoms with E-state index < -0.39 is 10.8 Å². The minimum absolute atomic E-state index is 0.0104. The number of nitrogens with one attached hydrogen (secondary N) is 1. The third-order valence-corrected chi connectivity index (χ3v) is 3.77. The molecule has 6 nitrogen and oxygen atoms in total. The largest absolute Gasteiger partial charge is 0.490 e. The van der Waals surface area contributed by atoms with Gasteiger partial charge in [-0.3, -0.25) is 14.9 Å². The Morgan fingerprint density at radius 2 is 1.96 bits per heavy atom. The molecule has 0 aromatic heterocycles. The van der Waals surface area contributed by atoms with Crippen molar-refractivity contribution in [3.05, 3.63) is 62.1 Å². The molecular weight excluding hydrogens is 376 g/mol. The summed E-state index contributed by atoms with van der Waals surface area (Å²) in [6, 6.07) is 9.56. The van der Waals surface area contributed by atoms with E-state index in [0.29, 0.717) is 15.8 Å². The number of nitro benzene ring substituents is 1. The van der Waals surface area contributed by atoms with E-state index in [2.05, 4.69) is 21.2 Å². The standard InChI is InChI=1S/C17H17BrN2O4/c1-10(2)24-16-7-5-12(9-13(16)18)17(21)19-14-6-4-11(3)8-15(14)20(22)23/h4-10H,1-3H3,(H,19,21). The van der Waals surface area contributed by atoms with Crippen LogP contribution in [-0.4, -0.2) is 16.9 Å². The first-order chi connectivity index (χ1) is 11.3. The smallest absolute Gasteiger partial charge is 0.293 e. The molecule has 0 aliphatic rings. The minimum Gasteiger partial charge on any atom is -0.490 e. The fraction of sp³-hybridized carbons (Fsp3) is 0.235. The first-order valence-electron chi connectivity index (χ1n) is 7.30. The van der Waals surface area contributed by atoms with Gasteiger partial charge < -0.3 is 10.1 Å². The van der Waals surface area contributed by atoms with Gasteiger partial charge in [-0.25, -0.2) is 0 Å². The predicted molar refractivity (Wildman–Crippen MR) is 95.7 cm³/mol. The average molecular weight is 393 g/mol. The number of hydrogen-bond donors (Lipinski definition) is 1. The molecule has 2 aromatic carbocycles. The fourth-order valence-corrected chi connectivity index (χ4v) is 2.56. The van der Waals surface area contributed by atoms with Crippen LogP contribution in [0, 0.1) is 17.0 Å². The lowest BCUT2D eigenvalue weighted by molar-refractivity contribution is -0.384. The lowest BCUT2D eigenvalue weighted by Gasteiger charge is -2.12. The summed E-state index contributed by atoms with van der Waals surface area (Å²) < 4.78 is 6.23. The summed E-state index contributed by atoms with van der Waals surface area (Å²) in [5.74, 6) is 0.196. The molecule has 2 rings (SSSR count). The molecule has 7 heteroatoms. The first kappa shape index (κ1) is 17.9. The van der Waals surface area contributed by atoms with Crippen LogP contribution in [0.5, 0.6) is 5.75 Å². The number of nitro groups is 1. The Morgan fingerprint density at radius 3 is 2.54 bits per heavy atom. The summed E-state index contributed by atoms with van der Waals surface area (Å²) in [7, 11) is 0. The number of benzene rings is 2. The van der Waals surface area contributed by atoms with Gasteiger partial charge in [0.05, 0.1) is 15.5 Å². The molecule has 0 aliphatic carbocycles. The number of aryl methyl sites for hydroxylation is 1. The topological polar surface area (TPSA) is 81.5 Å². The van der Waals surface area contributed by atoms with Crippen molar-refractivity contribution >= 4 is 33.2 Å². The summed E-state index contributed by atoms with van der Waals surface area (Å²) in [6.45, 7) is 5.57. The molecule has 1 N–H and O–H groups in total. The Kier molecular flexibility index (Phi) is 5.56. The number of anilines is 1. The van der Waals surface area contributed by atoms with Gasteiger partial charge in [-0.15, -0.1) is 0 Å². The number of rotatable bonds is 5. The zero-order chi connectivity index (χ0) is 17.9. The van der Waals surface area contributed by atoms with Gasteiger partial charge in [0.15, 0.2) is 0 Å². The molecule has 2 aromatic rings. The number of nitrogens with zero attached hydrogens (tertiary/aromatic N) is 1. The van der Waals surface area contributed by atoms with Crippen LogP contribution in [-0.2, 0) is 0 Å². The van der Waals surface area contributed by atoms with Crippen molar-refractivity contribution in [1.82, 2.24) is 0 Å². The molecule has 0 unspecified atom stereocenters. The molecule has 0 fully saturated rings. The Hall–Kier alpha value is -2.41. The monoisotopic (exact) mass is 392 g/mol.